The van der Waals surface area contributed by atoms with E-state index in [9.17, 15) is 9.90 Å². The van der Waals surface area contributed by atoms with E-state index in [1.54, 1.807) is 13.2 Å². The quantitative estimate of drug-likeness (QED) is 0.295. The summed E-state index contributed by atoms with van der Waals surface area (Å²) in [6.07, 6.45) is 1.09. The van der Waals surface area contributed by atoms with Gasteiger partial charge in [-0.05, 0) is 60.4 Å². The van der Waals surface area contributed by atoms with Crippen molar-refractivity contribution in [3.05, 3.63) is 118 Å². The lowest BCUT2D eigenvalue weighted by molar-refractivity contribution is -0.123. The Balaban J connectivity index is 1.59. The van der Waals surface area contributed by atoms with Gasteiger partial charge >= 0.3 is 0 Å². The highest BCUT2D eigenvalue weighted by Gasteiger charge is 2.58. The molecule has 2 aliphatic rings. The molecule has 0 radical (unpaired) electrons. The van der Waals surface area contributed by atoms with E-state index in [0.717, 1.165) is 39.4 Å². The summed E-state index contributed by atoms with van der Waals surface area (Å²) < 4.78 is 5.60. The second-order valence-corrected chi connectivity index (χ2v) is 10.5. The van der Waals surface area contributed by atoms with E-state index in [-0.39, 0.29) is 11.7 Å². The van der Waals surface area contributed by atoms with Crippen LogP contribution in [-0.2, 0) is 22.3 Å². The lowest BCUT2D eigenvalue weighted by atomic mass is 9.61. The molecule has 4 aromatic rings. The number of phenolic OH excluding ortho intramolecular Hbond substituents is 1. The largest absolute Gasteiger partial charge is 0.508 e. The standard InChI is InChI=1S/C32H29ClN2O3/c1-3-31(25-11-7-8-12-29(25)36)20-32(34-27-16-14-23(38-2)18-26(27)31)24-15-13-22(33)17-28(24)35(30(32)37)19-21-9-5-4-6-10-21/h4-18,34,36H,3,19-20H2,1-2H3/t31-,32+/m1/s1. The zero-order valence-electron chi connectivity index (χ0n) is 21.4. The summed E-state index contributed by atoms with van der Waals surface area (Å²) in [5, 5.41) is 15.4. The normalized spacial score (nSPS) is 21.7. The van der Waals surface area contributed by atoms with Gasteiger partial charge in [0.1, 0.15) is 17.0 Å². The van der Waals surface area contributed by atoms with Gasteiger partial charge in [-0.1, -0.05) is 73.1 Å². The highest BCUT2D eigenvalue weighted by atomic mass is 35.5. The molecule has 0 aromatic heterocycles. The van der Waals surface area contributed by atoms with Gasteiger partial charge in [-0.2, -0.15) is 0 Å². The van der Waals surface area contributed by atoms with Crippen LogP contribution in [0.4, 0.5) is 11.4 Å². The number of aromatic hydroxyl groups is 1. The summed E-state index contributed by atoms with van der Waals surface area (Å²) in [7, 11) is 1.65. The van der Waals surface area contributed by atoms with Gasteiger partial charge in [0.2, 0.25) is 0 Å². The Morgan fingerprint density at radius 1 is 0.947 bits per heavy atom. The third-order valence-corrected chi connectivity index (χ3v) is 8.42. The van der Waals surface area contributed by atoms with Gasteiger partial charge in [0.05, 0.1) is 19.3 Å². The Labute approximate surface area is 227 Å². The van der Waals surface area contributed by atoms with Crippen LogP contribution < -0.4 is 15.0 Å². The second-order valence-electron chi connectivity index (χ2n) is 10.1. The average Bonchev–Trinajstić information content (AvgIpc) is 3.14. The van der Waals surface area contributed by atoms with Gasteiger partial charge in [0.25, 0.3) is 5.91 Å². The molecule has 1 amide bonds. The third-order valence-electron chi connectivity index (χ3n) is 8.18. The third kappa shape index (κ3) is 3.57. The van der Waals surface area contributed by atoms with Crippen LogP contribution in [0.5, 0.6) is 11.5 Å². The predicted octanol–water partition coefficient (Wildman–Crippen LogP) is 7.01. The molecular formula is C32H29ClN2O3. The number of methoxy groups -OCH3 is 1. The smallest absolute Gasteiger partial charge is 0.257 e. The number of carbonyl (C=O) groups excluding carboxylic acids is 1. The first-order valence-corrected chi connectivity index (χ1v) is 13.2. The van der Waals surface area contributed by atoms with Gasteiger partial charge in [-0.25, -0.2) is 0 Å². The van der Waals surface area contributed by atoms with Gasteiger partial charge < -0.3 is 20.1 Å². The molecule has 6 rings (SSSR count). The van der Waals surface area contributed by atoms with Crippen molar-refractivity contribution < 1.29 is 14.6 Å². The Morgan fingerprint density at radius 2 is 1.71 bits per heavy atom. The fraction of sp³-hybridized carbons (Fsp3) is 0.219. The fourth-order valence-corrected chi connectivity index (χ4v) is 6.53. The molecule has 2 aliphatic heterocycles. The second kappa shape index (κ2) is 9.10. The van der Waals surface area contributed by atoms with Crippen molar-refractivity contribution >= 4 is 28.9 Å². The van der Waals surface area contributed by atoms with E-state index in [1.165, 1.54) is 0 Å². The van der Waals surface area contributed by atoms with Crippen LogP contribution in [0.25, 0.3) is 0 Å². The summed E-state index contributed by atoms with van der Waals surface area (Å²) in [4.78, 5) is 16.5. The Morgan fingerprint density at radius 3 is 2.45 bits per heavy atom. The van der Waals surface area contributed by atoms with Crippen LogP contribution in [0.3, 0.4) is 0 Å². The predicted molar refractivity (Wildman–Crippen MR) is 151 cm³/mol. The van der Waals surface area contributed by atoms with Crippen molar-refractivity contribution in [2.45, 2.75) is 37.3 Å². The van der Waals surface area contributed by atoms with Crippen molar-refractivity contribution in [1.29, 1.82) is 0 Å². The average molecular weight is 525 g/mol. The Kier molecular flexibility index (Phi) is 5.84. The van der Waals surface area contributed by atoms with E-state index < -0.39 is 11.0 Å². The summed E-state index contributed by atoms with van der Waals surface area (Å²) in [6, 6.07) is 29.0. The number of ether oxygens (including phenoxy) is 1. The zero-order valence-corrected chi connectivity index (χ0v) is 22.1. The molecule has 0 unspecified atom stereocenters. The molecule has 0 aliphatic carbocycles. The van der Waals surface area contributed by atoms with Crippen LogP contribution in [0, 0.1) is 0 Å². The highest BCUT2D eigenvalue weighted by Crippen LogP contribution is 2.58. The van der Waals surface area contributed by atoms with Crippen molar-refractivity contribution in [3.63, 3.8) is 0 Å². The number of fused-ring (bicyclic) bond motifs is 3. The SMILES string of the molecule is CC[C@]1(c2ccccc2O)C[C@@]2(Nc3ccc(OC)cc31)C(=O)N(Cc1ccccc1)c1cc(Cl)ccc12. The van der Waals surface area contributed by atoms with Gasteiger partial charge in [-0.3, -0.25) is 4.79 Å². The zero-order chi connectivity index (χ0) is 26.5. The molecule has 2 atom stereocenters. The number of hydrogen-bond acceptors (Lipinski definition) is 4. The molecule has 5 nitrogen and oxygen atoms in total. The minimum Gasteiger partial charge on any atom is -0.508 e. The van der Waals surface area contributed by atoms with Crippen molar-refractivity contribution in [2.75, 3.05) is 17.3 Å². The number of hydrogen-bond donors (Lipinski definition) is 2. The minimum absolute atomic E-state index is 0.0340. The first kappa shape index (κ1) is 24.4. The van der Waals surface area contributed by atoms with E-state index >= 15 is 0 Å². The number of phenols is 1. The first-order valence-electron chi connectivity index (χ1n) is 12.8. The molecule has 1 spiro atoms. The Bertz CT molecular complexity index is 1540. The molecule has 0 bridgehead atoms. The Hall–Kier alpha value is -3.96. The number of halogens is 1. The van der Waals surface area contributed by atoms with Crippen LogP contribution in [0.15, 0.2) is 91.0 Å². The van der Waals surface area contributed by atoms with E-state index in [4.69, 9.17) is 16.3 Å². The van der Waals surface area contributed by atoms with E-state index in [0.29, 0.717) is 24.4 Å². The number of para-hydroxylation sites is 1. The molecular weight excluding hydrogens is 496 g/mol. The minimum atomic E-state index is -1.05. The number of amides is 1. The topological polar surface area (TPSA) is 61.8 Å². The van der Waals surface area contributed by atoms with Crippen LogP contribution in [0.1, 0.15) is 42.0 Å². The van der Waals surface area contributed by atoms with Gasteiger partial charge in [0.15, 0.2) is 0 Å². The summed E-state index contributed by atoms with van der Waals surface area (Å²) in [5.74, 6) is 0.904. The van der Waals surface area contributed by atoms with E-state index in [1.807, 2.05) is 89.8 Å². The lowest BCUT2D eigenvalue weighted by Gasteiger charge is -2.48. The van der Waals surface area contributed by atoms with Crippen LogP contribution >= 0.6 is 11.6 Å². The molecule has 0 saturated heterocycles. The number of nitrogens with one attached hydrogen (secondary N) is 1. The van der Waals surface area contributed by atoms with Crippen LogP contribution in [-0.4, -0.2) is 18.1 Å². The first-order chi connectivity index (χ1) is 18.4. The van der Waals surface area contributed by atoms with Crippen molar-refractivity contribution in [2.24, 2.45) is 0 Å². The molecule has 6 heteroatoms. The summed E-state index contributed by atoms with van der Waals surface area (Å²) in [5.41, 5.74) is 3.66. The van der Waals surface area contributed by atoms with Gasteiger partial charge in [-0.15, -0.1) is 0 Å². The molecule has 2 heterocycles. The summed E-state index contributed by atoms with van der Waals surface area (Å²) in [6.45, 7) is 2.54. The molecule has 38 heavy (non-hydrogen) atoms. The van der Waals surface area contributed by atoms with E-state index in [2.05, 4.69) is 12.2 Å². The maximum absolute atomic E-state index is 14.6. The summed E-state index contributed by atoms with van der Waals surface area (Å²) >= 11 is 6.48. The molecule has 0 saturated carbocycles. The van der Waals surface area contributed by atoms with Crippen molar-refractivity contribution in [3.8, 4) is 11.5 Å². The monoisotopic (exact) mass is 524 g/mol. The number of anilines is 2. The molecule has 4 aromatic carbocycles. The number of rotatable bonds is 5. The maximum atomic E-state index is 14.6. The fourth-order valence-electron chi connectivity index (χ4n) is 6.36. The molecule has 192 valence electrons. The number of carbonyl (C=O) groups is 1. The number of nitrogens with zero attached hydrogens (tertiary/aromatic N) is 1. The van der Waals surface area contributed by atoms with Crippen molar-refractivity contribution in [1.82, 2.24) is 0 Å². The molecule has 2 N–H and O–H groups in total. The lowest BCUT2D eigenvalue weighted by Crippen LogP contribution is -2.53. The van der Waals surface area contributed by atoms with Crippen LogP contribution in [0.2, 0.25) is 5.02 Å². The number of benzene rings is 4. The molecule has 0 fully saturated rings. The maximum Gasteiger partial charge on any atom is 0.257 e. The van der Waals surface area contributed by atoms with Gasteiger partial charge in [0, 0.05) is 27.3 Å². The highest BCUT2D eigenvalue weighted by molar-refractivity contribution is 6.31.